The number of hydrogen-bond acceptors (Lipinski definition) is 3. The molecule has 0 saturated carbocycles. The predicted octanol–water partition coefficient (Wildman–Crippen LogP) is 6.33. The number of benzene rings is 3. The molecule has 1 unspecified atom stereocenters. The number of carbonyl (C=O) groups excluding carboxylic acids is 3. The highest BCUT2D eigenvalue weighted by atomic mass is 35.5. The molecule has 7 nitrogen and oxygen atoms in total. The van der Waals surface area contributed by atoms with Gasteiger partial charge in [0.2, 0.25) is 0 Å². The Morgan fingerprint density at radius 2 is 1.80 bits per heavy atom. The molecule has 214 valence electrons. The van der Waals surface area contributed by atoms with Crippen LogP contribution in [-0.4, -0.2) is 35.7 Å². The van der Waals surface area contributed by atoms with Gasteiger partial charge in [0.15, 0.2) is 0 Å². The maximum atomic E-state index is 14.2. The maximum Gasteiger partial charge on any atom is 0.416 e. The van der Waals surface area contributed by atoms with Gasteiger partial charge in [-0.3, -0.25) is 9.59 Å². The van der Waals surface area contributed by atoms with E-state index in [2.05, 4.69) is 16.0 Å². The Morgan fingerprint density at radius 1 is 1.07 bits per heavy atom. The Morgan fingerprint density at radius 3 is 2.49 bits per heavy atom. The summed E-state index contributed by atoms with van der Waals surface area (Å²) in [5, 5.41) is 7.32. The van der Waals surface area contributed by atoms with Gasteiger partial charge in [-0.05, 0) is 48.0 Å². The molecule has 2 heterocycles. The highest BCUT2D eigenvalue weighted by Crippen LogP contribution is 2.45. The van der Waals surface area contributed by atoms with Gasteiger partial charge in [-0.15, -0.1) is 0 Å². The third kappa shape index (κ3) is 5.38. The average molecular weight is 601 g/mol. The molecule has 3 N–H and O–H groups in total. The molecular weight excluding hydrogens is 585 g/mol. The third-order valence-electron chi connectivity index (χ3n) is 6.48. The number of fused-ring (bicyclic) bond motifs is 3. The molecule has 0 spiro atoms. The van der Waals surface area contributed by atoms with Crippen molar-refractivity contribution < 1.29 is 45.1 Å². The van der Waals surface area contributed by atoms with Crippen molar-refractivity contribution >= 4 is 40.8 Å². The van der Waals surface area contributed by atoms with E-state index < -0.39 is 72.3 Å². The van der Waals surface area contributed by atoms with Crippen LogP contribution in [0.3, 0.4) is 0 Å². The normalized spacial score (nSPS) is 16.3. The fourth-order valence-corrected chi connectivity index (χ4v) is 4.99. The van der Waals surface area contributed by atoms with Crippen LogP contribution < -0.4 is 16.0 Å². The van der Waals surface area contributed by atoms with Gasteiger partial charge in [0.1, 0.15) is 11.6 Å². The van der Waals surface area contributed by atoms with E-state index >= 15 is 0 Å². The lowest BCUT2D eigenvalue weighted by molar-refractivity contribution is -0.137. The molecule has 41 heavy (non-hydrogen) atoms. The molecule has 0 fully saturated rings. The molecule has 2 aliphatic heterocycles. The summed E-state index contributed by atoms with van der Waals surface area (Å²) in [6, 6.07) is 3.56. The first-order valence-corrected chi connectivity index (χ1v) is 12.1. The van der Waals surface area contributed by atoms with Crippen LogP contribution in [0.25, 0.3) is 0 Å². The van der Waals surface area contributed by atoms with Crippen LogP contribution in [0.15, 0.2) is 42.5 Å². The second kappa shape index (κ2) is 10.3. The van der Waals surface area contributed by atoms with Crippen molar-refractivity contribution in [3.8, 4) is 0 Å². The van der Waals surface area contributed by atoms with Crippen molar-refractivity contribution in [1.82, 2.24) is 10.2 Å². The molecule has 2 aliphatic rings. The lowest BCUT2D eigenvalue weighted by Crippen LogP contribution is -2.42. The summed E-state index contributed by atoms with van der Waals surface area (Å²) >= 11 is 6.26. The van der Waals surface area contributed by atoms with Crippen LogP contribution >= 0.6 is 11.6 Å². The summed E-state index contributed by atoms with van der Waals surface area (Å²) in [6.45, 7) is -1.38. The summed E-state index contributed by atoms with van der Waals surface area (Å²) in [4.78, 5) is 39.6. The third-order valence-corrected chi connectivity index (χ3v) is 6.83. The number of anilines is 2. The zero-order valence-corrected chi connectivity index (χ0v) is 21.1. The van der Waals surface area contributed by atoms with Gasteiger partial charge >= 0.3 is 12.2 Å². The lowest BCUT2D eigenvalue weighted by Gasteiger charge is -2.31. The highest BCUT2D eigenvalue weighted by molar-refractivity contribution is 6.31. The molecule has 0 radical (unpaired) electrons. The molecule has 0 bridgehead atoms. The Kier molecular flexibility index (Phi) is 7.05. The fourth-order valence-electron chi connectivity index (χ4n) is 4.76. The minimum absolute atomic E-state index is 0.00615. The monoisotopic (exact) mass is 600 g/mol. The van der Waals surface area contributed by atoms with Crippen molar-refractivity contribution in [3.63, 3.8) is 0 Å². The van der Waals surface area contributed by atoms with Crippen LogP contribution in [0.2, 0.25) is 5.02 Å². The number of urea groups is 1. The maximum absolute atomic E-state index is 14.2. The topological polar surface area (TPSA) is 90.5 Å². The summed E-state index contributed by atoms with van der Waals surface area (Å²) in [5.74, 6) is -4.08. The standard InChI is InChI=1S/C26H16ClF7N4O3/c27-16-2-1-13(28)7-15(16)22-19-17(35-23(39)10-3-12(26(32,33)34)6-14(29)4-10)5-11-8-38(9-18(30)31)25(41)37-21(11)20(19)24(40)36-22/h1-7,18,22H,8-9H2,(H,35,39)(H,36,40)(H,37,41). The minimum atomic E-state index is -4.97. The SMILES string of the molecule is O=C(Nc1cc2c(c3c1C(c1cc(F)ccc1Cl)NC3=O)NC(=O)N(CC(F)F)C2)c1cc(F)cc(C(F)(F)F)c1. The van der Waals surface area contributed by atoms with Crippen LogP contribution in [-0.2, 0) is 12.7 Å². The van der Waals surface area contributed by atoms with Crippen molar-refractivity contribution in [2.24, 2.45) is 0 Å². The van der Waals surface area contributed by atoms with E-state index in [1.54, 1.807) is 0 Å². The van der Waals surface area contributed by atoms with Gasteiger partial charge < -0.3 is 20.9 Å². The minimum Gasteiger partial charge on any atom is -0.341 e. The van der Waals surface area contributed by atoms with E-state index in [1.807, 2.05) is 0 Å². The molecule has 4 amide bonds. The van der Waals surface area contributed by atoms with Crippen LogP contribution in [0.1, 0.15) is 49.0 Å². The number of hydrogen-bond donors (Lipinski definition) is 3. The molecule has 3 aromatic rings. The first-order chi connectivity index (χ1) is 19.2. The van der Waals surface area contributed by atoms with E-state index in [4.69, 9.17) is 11.6 Å². The van der Waals surface area contributed by atoms with E-state index in [1.165, 1.54) is 12.1 Å². The number of halogens is 8. The molecule has 3 aromatic carbocycles. The number of carbonyl (C=O) groups is 3. The first kappa shape index (κ1) is 28.2. The second-order valence-corrected chi connectivity index (χ2v) is 9.61. The molecule has 0 aliphatic carbocycles. The molecule has 0 saturated heterocycles. The molecule has 5 rings (SSSR count). The zero-order valence-electron chi connectivity index (χ0n) is 20.3. The van der Waals surface area contributed by atoms with Crippen molar-refractivity contribution in [3.05, 3.63) is 92.5 Å². The Balaban J connectivity index is 1.66. The van der Waals surface area contributed by atoms with Gasteiger partial charge in [-0.1, -0.05) is 11.6 Å². The van der Waals surface area contributed by atoms with Gasteiger partial charge in [-0.2, -0.15) is 13.2 Å². The van der Waals surface area contributed by atoms with Crippen LogP contribution in [0.5, 0.6) is 0 Å². The summed E-state index contributed by atoms with van der Waals surface area (Å²) in [7, 11) is 0. The number of nitrogens with zero attached hydrogens (tertiary/aromatic N) is 1. The smallest absolute Gasteiger partial charge is 0.341 e. The number of amides is 4. The largest absolute Gasteiger partial charge is 0.416 e. The van der Waals surface area contributed by atoms with Crippen molar-refractivity contribution in [2.75, 3.05) is 17.2 Å². The Labute approximate surface area is 231 Å². The van der Waals surface area contributed by atoms with E-state index in [9.17, 15) is 45.1 Å². The van der Waals surface area contributed by atoms with Crippen LogP contribution in [0.4, 0.5) is 46.9 Å². The summed E-state index contributed by atoms with van der Waals surface area (Å²) in [5.41, 5.74) is -2.49. The van der Waals surface area contributed by atoms with E-state index in [-0.39, 0.29) is 44.7 Å². The van der Waals surface area contributed by atoms with Gasteiger partial charge in [0, 0.05) is 33.9 Å². The Bertz CT molecular complexity index is 1610. The second-order valence-electron chi connectivity index (χ2n) is 9.20. The molecule has 15 heteroatoms. The average Bonchev–Trinajstić information content (AvgIpc) is 3.22. The van der Waals surface area contributed by atoms with Gasteiger partial charge in [0.25, 0.3) is 18.2 Å². The summed E-state index contributed by atoms with van der Waals surface area (Å²) < 4.78 is 94.0. The fraction of sp³-hybridized carbons (Fsp3) is 0.192. The molecule has 1 atom stereocenters. The van der Waals surface area contributed by atoms with E-state index in [0.29, 0.717) is 12.1 Å². The first-order valence-electron chi connectivity index (χ1n) is 11.7. The predicted molar refractivity (Wildman–Crippen MR) is 132 cm³/mol. The number of alkyl halides is 5. The van der Waals surface area contributed by atoms with Crippen LogP contribution in [0, 0.1) is 11.6 Å². The van der Waals surface area contributed by atoms with Crippen molar-refractivity contribution in [2.45, 2.75) is 25.2 Å². The number of nitrogens with one attached hydrogen (secondary N) is 3. The molecule has 0 aromatic heterocycles. The molecular formula is C26H16ClF7N4O3. The zero-order chi connectivity index (χ0) is 29.8. The lowest BCUT2D eigenvalue weighted by atomic mass is 9.92. The number of rotatable bonds is 5. The Hall–Kier alpha value is -4.33. The van der Waals surface area contributed by atoms with Gasteiger partial charge in [0.05, 0.1) is 29.4 Å². The quantitative estimate of drug-likeness (QED) is 0.299. The summed E-state index contributed by atoms with van der Waals surface area (Å²) in [6.07, 6.45) is -7.86. The van der Waals surface area contributed by atoms with Crippen molar-refractivity contribution in [1.29, 1.82) is 0 Å². The van der Waals surface area contributed by atoms with E-state index in [0.717, 1.165) is 17.0 Å². The van der Waals surface area contributed by atoms with Gasteiger partial charge in [-0.25, -0.2) is 22.4 Å². The highest BCUT2D eigenvalue weighted by Gasteiger charge is 2.40.